The summed E-state index contributed by atoms with van der Waals surface area (Å²) < 4.78 is 16.8. The zero-order valence-electron chi connectivity index (χ0n) is 21.4. The molecule has 38 heavy (non-hydrogen) atoms. The van der Waals surface area contributed by atoms with Gasteiger partial charge in [-0.15, -0.1) is 0 Å². The van der Waals surface area contributed by atoms with Crippen molar-refractivity contribution in [2.75, 3.05) is 52.6 Å². The standard InChI is InChI=1S/C28H32ClN3O6/c1-18-23(17-32-8-12-37-13-9-32)28(35)38-26-20(16-31-6-10-36-11-7-31)14-22(25(33)24(18)26)27(34)30-15-19-2-4-21(29)5-3-19/h2-5,14,33H,6-13,15-17H2,1H3,(H,30,34). The van der Waals surface area contributed by atoms with Gasteiger partial charge in [0.15, 0.2) is 0 Å². The van der Waals surface area contributed by atoms with Gasteiger partial charge in [0.1, 0.15) is 11.3 Å². The van der Waals surface area contributed by atoms with Gasteiger partial charge < -0.3 is 24.3 Å². The van der Waals surface area contributed by atoms with E-state index in [9.17, 15) is 14.7 Å². The Bertz CT molecular complexity index is 1360. The predicted octanol–water partition coefficient (Wildman–Crippen LogP) is 3.05. The van der Waals surface area contributed by atoms with Gasteiger partial charge in [0.05, 0.1) is 42.9 Å². The summed E-state index contributed by atoms with van der Waals surface area (Å²) in [6, 6.07) is 8.83. The first-order chi connectivity index (χ1) is 18.4. The number of rotatable bonds is 7. The summed E-state index contributed by atoms with van der Waals surface area (Å²) in [5.41, 5.74) is 2.69. The van der Waals surface area contributed by atoms with Crippen molar-refractivity contribution >= 4 is 28.5 Å². The number of hydrogen-bond acceptors (Lipinski definition) is 8. The molecule has 9 nitrogen and oxygen atoms in total. The number of halogens is 1. The highest BCUT2D eigenvalue weighted by Crippen LogP contribution is 2.35. The Morgan fingerprint density at radius 1 is 1.00 bits per heavy atom. The third-order valence-corrected chi connectivity index (χ3v) is 7.44. The molecule has 2 aliphatic heterocycles. The van der Waals surface area contributed by atoms with Crippen LogP contribution in [0.4, 0.5) is 0 Å². The van der Waals surface area contributed by atoms with Crippen LogP contribution in [0.3, 0.4) is 0 Å². The van der Waals surface area contributed by atoms with Crippen LogP contribution < -0.4 is 10.9 Å². The average molecular weight is 542 g/mol. The lowest BCUT2D eigenvalue weighted by Crippen LogP contribution is -2.37. The zero-order chi connectivity index (χ0) is 26.6. The summed E-state index contributed by atoms with van der Waals surface area (Å²) in [5.74, 6) is -0.605. The normalized spacial score (nSPS) is 17.1. The Hall–Kier alpha value is -2.95. The Morgan fingerprint density at radius 2 is 1.61 bits per heavy atom. The highest BCUT2D eigenvalue weighted by atomic mass is 35.5. The molecule has 0 radical (unpaired) electrons. The molecule has 0 saturated carbocycles. The lowest BCUT2D eigenvalue weighted by atomic mass is 9.97. The summed E-state index contributed by atoms with van der Waals surface area (Å²) in [5, 5.41) is 15.3. The SMILES string of the molecule is Cc1c(CN2CCOCC2)c(=O)oc2c(CN3CCOCC3)cc(C(=O)NCc3ccc(Cl)cc3)c(O)c12. The van der Waals surface area contributed by atoms with Crippen molar-refractivity contribution in [2.45, 2.75) is 26.6 Å². The molecule has 1 amide bonds. The summed E-state index contributed by atoms with van der Waals surface area (Å²) in [7, 11) is 0. The van der Waals surface area contributed by atoms with E-state index in [1.54, 1.807) is 18.2 Å². The van der Waals surface area contributed by atoms with Crippen LogP contribution in [0, 0.1) is 6.92 Å². The van der Waals surface area contributed by atoms with Gasteiger partial charge in [-0.25, -0.2) is 4.79 Å². The first-order valence-electron chi connectivity index (χ1n) is 12.8. The molecular weight excluding hydrogens is 510 g/mol. The van der Waals surface area contributed by atoms with Crippen molar-refractivity contribution < 1.29 is 23.8 Å². The molecule has 2 aliphatic rings. The maximum Gasteiger partial charge on any atom is 0.341 e. The fourth-order valence-corrected chi connectivity index (χ4v) is 5.10. The first kappa shape index (κ1) is 26.6. The van der Waals surface area contributed by atoms with Crippen molar-refractivity contribution in [3.63, 3.8) is 0 Å². The first-order valence-corrected chi connectivity index (χ1v) is 13.2. The van der Waals surface area contributed by atoms with Crippen LogP contribution in [0.5, 0.6) is 5.75 Å². The molecule has 5 rings (SSSR count). The number of nitrogens with zero attached hydrogens (tertiary/aromatic N) is 2. The molecule has 0 spiro atoms. The van der Waals surface area contributed by atoms with Crippen LogP contribution >= 0.6 is 11.6 Å². The smallest absolute Gasteiger partial charge is 0.341 e. The molecular formula is C28H32ClN3O6. The molecule has 0 unspecified atom stereocenters. The molecule has 10 heteroatoms. The van der Waals surface area contributed by atoms with Crippen molar-refractivity contribution in [1.82, 2.24) is 15.1 Å². The minimum Gasteiger partial charge on any atom is -0.506 e. The van der Waals surface area contributed by atoms with E-state index in [4.69, 9.17) is 25.5 Å². The Morgan fingerprint density at radius 3 is 2.24 bits per heavy atom. The molecule has 3 heterocycles. The van der Waals surface area contributed by atoms with Crippen molar-refractivity contribution in [3.05, 3.63) is 73.6 Å². The maximum absolute atomic E-state index is 13.3. The molecule has 2 fully saturated rings. The summed E-state index contributed by atoms with van der Waals surface area (Å²) >= 11 is 5.97. The topological polar surface area (TPSA) is 104 Å². The second kappa shape index (κ2) is 11.8. The zero-order valence-corrected chi connectivity index (χ0v) is 22.2. The van der Waals surface area contributed by atoms with Crippen LogP contribution in [-0.4, -0.2) is 73.4 Å². The fraction of sp³-hybridized carbons (Fsp3) is 0.429. The van der Waals surface area contributed by atoms with Crippen molar-refractivity contribution in [2.24, 2.45) is 0 Å². The van der Waals surface area contributed by atoms with E-state index < -0.39 is 11.5 Å². The number of aryl methyl sites for hydroxylation is 1. The summed E-state index contributed by atoms with van der Waals surface area (Å²) in [6.45, 7) is 8.21. The van der Waals surface area contributed by atoms with Gasteiger partial charge in [-0.2, -0.15) is 0 Å². The summed E-state index contributed by atoms with van der Waals surface area (Å²) in [6.07, 6.45) is 0. The van der Waals surface area contributed by atoms with E-state index in [1.807, 2.05) is 19.1 Å². The van der Waals surface area contributed by atoms with Gasteiger partial charge in [0.25, 0.3) is 5.91 Å². The van der Waals surface area contributed by atoms with E-state index in [-0.39, 0.29) is 17.9 Å². The molecule has 202 valence electrons. The Balaban J connectivity index is 1.54. The maximum atomic E-state index is 13.3. The van der Waals surface area contributed by atoms with Gasteiger partial charge in [-0.05, 0) is 36.2 Å². The lowest BCUT2D eigenvalue weighted by molar-refractivity contribution is 0.0336. The van der Waals surface area contributed by atoms with Crippen LogP contribution in [0.15, 0.2) is 39.5 Å². The molecule has 2 aromatic carbocycles. The fourth-order valence-electron chi connectivity index (χ4n) is 4.97. The van der Waals surface area contributed by atoms with E-state index in [2.05, 4.69) is 15.1 Å². The second-order valence-electron chi connectivity index (χ2n) is 9.72. The average Bonchev–Trinajstić information content (AvgIpc) is 2.93. The summed E-state index contributed by atoms with van der Waals surface area (Å²) in [4.78, 5) is 30.8. The molecule has 1 aromatic heterocycles. The number of ether oxygens (including phenoxy) is 2. The number of phenols is 1. The third kappa shape index (κ3) is 5.87. The van der Waals surface area contributed by atoms with E-state index in [0.717, 1.165) is 18.7 Å². The van der Waals surface area contributed by atoms with Crippen molar-refractivity contribution in [3.8, 4) is 5.75 Å². The lowest BCUT2D eigenvalue weighted by Gasteiger charge is -2.28. The van der Waals surface area contributed by atoms with Crippen LogP contribution in [0.1, 0.15) is 32.6 Å². The number of benzene rings is 2. The van der Waals surface area contributed by atoms with E-state index in [0.29, 0.717) is 85.3 Å². The number of amides is 1. The molecule has 0 aliphatic carbocycles. The number of morpholine rings is 2. The van der Waals surface area contributed by atoms with Gasteiger partial charge in [-0.1, -0.05) is 23.7 Å². The van der Waals surface area contributed by atoms with Crippen molar-refractivity contribution in [1.29, 1.82) is 0 Å². The molecule has 3 aromatic rings. The van der Waals surface area contributed by atoms with Crippen LogP contribution in [0.2, 0.25) is 5.02 Å². The largest absolute Gasteiger partial charge is 0.506 e. The second-order valence-corrected chi connectivity index (χ2v) is 10.2. The highest BCUT2D eigenvalue weighted by molar-refractivity contribution is 6.30. The van der Waals surface area contributed by atoms with Crippen LogP contribution in [0.25, 0.3) is 11.0 Å². The molecule has 0 bridgehead atoms. The van der Waals surface area contributed by atoms with Gasteiger partial charge >= 0.3 is 5.63 Å². The van der Waals surface area contributed by atoms with E-state index >= 15 is 0 Å². The van der Waals surface area contributed by atoms with Crippen LogP contribution in [-0.2, 0) is 29.1 Å². The van der Waals surface area contributed by atoms with Gasteiger partial charge in [0.2, 0.25) is 0 Å². The number of carbonyl (C=O) groups excluding carboxylic acids is 1. The third-order valence-electron chi connectivity index (χ3n) is 7.19. The monoisotopic (exact) mass is 541 g/mol. The molecule has 2 saturated heterocycles. The van der Waals surface area contributed by atoms with Gasteiger partial charge in [-0.3, -0.25) is 14.6 Å². The number of aromatic hydroxyl groups is 1. The Kier molecular flexibility index (Phi) is 8.30. The number of phenolic OH excluding ortho intramolecular Hbond substituents is 1. The van der Waals surface area contributed by atoms with Gasteiger partial charge in [0, 0.05) is 56.4 Å². The number of nitrogens with one attached hydrogen (secondary N) is 1. The highest BCUT2D eigenvalue weighted by Gasteiger charge is 2.25. The minimum atomic E-state index is -0.427. The van der Waals surface area contributed by atoms with E-state index in [1.165, 1.54) is 0 Å². The number of fused-ring (bicyclic) bond motifs is 1. The number of carbonyl (C=O) groups is 1. The Labute approximate surface area is 225 Å². The predicted molar refractivity (Wildman–Crippen MR) is 144 cm³/mol. The molecule has 2 N–H and O–H groups in total. The number of hydrogen-bond donors (Lipinski definition) is 2. The quantitative estimate of drug-likeness (QED) is 0.440. The molecule has 0 atom stereocenters. The minimum absolute atomic E-state index is 0.143.